The van der Waals surface area contributed by atoms with Crippen LogP contribution in [0.1, 0.15) is 17.5 Å². The van der Waals surface area contributed by atoms with E-state index in [2.05, 4.69) is 15.4 Å². The zero-order valence-electron chi connectivity index (χ0n) is 17.3. The summed E-state index contributed by atoms with van der Waals surface area (Å²) in [5.41, 5.74) is 1.88. The number of carbonyl (C=O) groups is 3. The lowest BCUT2D eigenvalue weighted by atomic mass is 10.0. The van der Waals surface area contributed by atoms with Gasteiger partial charge in [-0.05, 0) is 17.5 Å². The quantitative estimate of drug-likeness (QED) is 0.444. The average Bonchev–Trinajstić information content (AvgIpc) is 3.56. The number of rotatable bonds is 10. The average molecular weight is 426 g/mol. The molecular formula is C23H26N2O6. The van der Waals surface area contributed by atoms with E-state index in [9.17, 15) is 14.4 Å². The fourth-order valence-corrected chi connectivity index (χ4v) is 3.22. The van der Waals surface area contributed by atoms with Gasteiger partial charge >= 0.3 is 12.1 Å². The fraction of sp³-hybridized carbons (Fsp3) is 0.348. The highest BCUT2D eigenvalue weighted by atomic mass is 16.6. The molecular weight excluding hydrogens is 400 g/mol. The Kier molecular flexibility index (Phi) is 8.00. The molecule has 0 bridgehead atoms. The molecule has 3 rings (SSSR count). The van der Waals surface area contributed by atoms with Gasteiger partial charge in [-0.15, -0.1) is 0 Å². The summed E-state index contributed by atoms with van der Waals surface area (Å²) in [6.07, 6.45) is -0.608. The van der Waals surface area contributed by atoms with Crippen molar-refractivity contribution >= 4 is 18.0 Å². The Labute approximate surface area is 180 Å². The number of ether oxygens (including phenoxy) is 3. The topological polar surface area (TPSA) is 106 Å². The first-order chi connectivity index (χ1) is 15.0. The van der Waals surface area contributed by atoms with Crippen molar-refractivity contribution in [3.05, 3.63) is 71.8 Å². The van der Waals surface area contributed by atoms with Crippen molar-refractivity contribution in [3.63, 3.8) is 0 Å². The summed E-state index contributed by atoms with van der Waals surface area (Å²) in [6, 6.07) is 18.6. The fourth-order valence-electron chi connectivity index (χ4n) is 3.22. The number of nitrogens with one attached hydrogen (secondary N) is 2. The summed E-state index contributed by atoms with van der Waals surface area (Å²) in [5, 5.41) is 5.34. The summed E-state index contributed by atoms with van der Waals surface area (Å²) >= 11 is 0. The molecule has 0 aromatic heterocycles. The highest BCUT2D eigenvalue weighted by Crippen LogP contribution is 2.30. The van der Waals surface area contributed by atoms with E-state index >= 15 is 0 Å². The van der Waals surface area contributed by atoms with E-state index in [0.29, 0.717) is 6.42 Å². The number of esters is 1. The van der Waals surface area contributed by atoms with Crippen molar-refractivity contribution in [2.75, 3.05) is 13.7 Å². The molecule has 0 saturated carbocycles. The Morgan fingerprint density at radius 2 is 1.65 bits per heavy atom. The normalized spacial score (nSPS) is 17.8. The van der Waals surface area contributed by atoms with E-state index in [1.807, 2.05) is 60.7 Å². The Hall–Kier alpha value is -3.39. The molecule has 0 radical (unpaired) electrons. The minimum atomic E-state index is -0.676. The minimum Gasteiger partial charge on any atom is -0.469 e. The van der Waals surface area contributed by atoms with Gasteiger partial charge in [0.05, 0.1) is 25.7 Å². The van der Waals surface area contributed by atoms with E-state index in [-0.39, 0.29) is 49.7 Å². The van der Waals surface area contributed by atoms with Crippen LogP contribution in [0.3, 0.4) is 0 Å². The lowest BCUT2D eigenvalue weighted by Gasteiger charge is -2.17. The molecule has 164 valence electrons. The maximum atomic E-state index is 12.4. The van der Waals surface area contributed by atoms with Gasteiger partial charge in [-0.3, -0.25) is 9.59 Å². The molecule has 1 fully saturated rings. The van der Waals surface area contributed by atoms with Crippen molar-refractivity contribution in [2.45, 2.75) is 37.7 Å². The maximum Gasteiger partial charge on any atom is 0.407 e. The second-order valence-electron chi connectivity index (χ2n) is 7.20. The Balaban J connectivity index is 1.48. The van der Waals surface area contributed by atoms with Crippen molar-refractivity contribution in [3.8, 4) is 0 Å². The molecule has 31 heavy (non-hydrogen) atoms. The minimum absolute atomic E-state index is 0.121. The van der Waals surface area contributed by atoms with Gasteiger partial charge in [0.15, 0.2) is 0 Å². The van der Waals surface area contributed by atoms with E-state index in [0.717, 1.165) is 11.1 Å². The van der Waals surface area contributed by atoms with Crippen molar-refractivity contribution in [2.24, 2.45) is 0 Å². The van der Waals surface area contributed by atoms with Gasteiger partial charge in [0, 0.05) is 0 Å². The molecule has 1 heterocycles. The van der Waals surface area contributed by atoms with Crippen molar-refractivity contribution in [1.29, 1.82) is 0 Å². The number of methoxy groups -OCH3 is 1. The number of hydrogen-bond acceptors (Lipinski definition) is 6. The lowest BCUT2D eigenvalue weighted by molar-refractivity contribution is -0.140. The van der Waals surface area contributed by atoms with Crippen LogP contribution in [0.5, 0.6) is 0 Å². The number of benzene rings is 2. The highest BCUT2D eigenvalue weighted by Gasteiger charge is 2.46. The molecule has 2 N–H and O–H groups in total. The van der Waals surface area contributed by atoms with Gasteiger partial charge in [-0.2, -0.15) is 0 Å². The molecule has 0 spiro atoms. The molecule has 1 saturated heterocycles. The van der Waals surface area contributed by atoms with Gasteiger partial charge in [-0.25, -0.2) is 4.79 Å². The molecule has 2 aromatic rings. The summed E-state index contributed by atoms with van der Waals surface area (Å²) < 4.78 is 15.4. The molecule has 2 amide bonds. The summed E-state index contributed by atoms with van der Waals surface area (Å²) in [5.74, 6) is -0.731. The molecule has 8 heteroatoms. The van der Waals surface area contributed by atoms with E-state index in [4.69, 9.17) is 9.47 Å². The van der Waals surface area contributed by atoms with Crippen LogP contribution in [0.25, 0.3) is 0 Å². The third-order valence-corrected chi connectivity index (χ3v) is 4.86. The van der Waals surface area contributed by atoms with Gasteiger partial charge in [0.1, 0.15) is 19.3 Å². The van der Waals surface area contributed by atoms with Crippen LogP contribution in [-0.4, -0.2) is 49.9 Å². The largest absolute Gasteiger partial charge is 0.469 e. The highest BCUT2D eigenvalue weighted by molar-refractivity contribution is 5.82. The van der Waals surface area contributed by atoms with Crippen molar-refractivity contribution in [1.82, 2.24) is 10.6 Å². The Morgan fingerprint density at radius 3 is 2.29 bits per heavy atom. The third-order valence-electron chi connectivity index (χ3n) is 4.86. The van der Waals surface area contributed by atoms with E-state index in [1.165, 1.54) is 7.11 Å². The zero-order chi connectivity index (χ0) is 22.1. The first kappa shape index (κ1) is 22.3. The number of amides is 2. The van der Waals surface area contributed by atoms with E-state index in [1.54, 1.807) is 0 Å². The van der Waals surface area contributed by atoms with Crippen LogP contribution in [-0.2, 0) is 36.8 Å². The third kappa shape index (κ3) is 7.42. The monoisotopic (exact) mass is 426 g/mol. The zero-order valence-corrected chi connectivity index (χ0v) is 17.3. The summed E-state index contributed by atoms with van der Waals surface area (Å²) in [6.45, 7) is -0.108. The second-order valence-corrected chi connectivity index (χ2v) is 7.20. The molecule has 1 aliphatic rings. The van der Waals surface area contributed by atoms with Crippen molar-refractivity contribution < 1.29 is 28.6 Å². The molecule has 8 nitrogen and oxygen atoms in total. The number of hydrogen-bond donors (Lipinski definition) is 2. The van der Waals surface area contributed by atoms with E-state index < -0.39 is 6.09 Å². The maximum absolute atomic E-state index is 12.4. The Bertz CT molecular complexity index is 874. The van der Waals surface area contributed by atoms with Crippen LogP contribution in [0.2, 0.25) is 0 Å². The molecule has 3 atom stereocenters. The second kappa shape index (κ2) is 11.1. The first-order valence-corrected chi connectivity index (χ1v) is 10.0. The standard InChI is InChI=1S/C23H26N2O6/c1-29-21(27)13-19-22(31-19)18(12-16-8-4-2-5-9-16)25-20(26)14-24-23(28)30-15-17-10-6-3-7-11-17/h2-11,18-19,22H,12-15H2,1H3,(H,24,28)(H,25,26)/t18-,19-,22-/m0/s1. The Morgan fingerprint density at radius 1 is 1.00 bits per heavy atom. The van der Waals surface area contributed by atoms with Gasteiger partial charge in [-0.1, -0.05) is 60.7 Å². The van der Waals surface area contributed by atoms with Gasteiger partial charge in [0.2, 0.25) is 5.91 Å². The number of epoxide rings is 1. The summed E-state index contributed by atoms with van der Waals surface area (Å²) in [7, 11) is 1.32. The molecule has 0 unspecified atom stereocenters. The van der Waals surface area contributed by atoms with Crippen LogP contribution in [0.4, 0.5) is 4.79 Å². The molecule has 2 aromatic carbocycles. The SMILES string of the molecule is COC(=O)C[C@@H]1O[C@H]1[C@H](Cc1ccccc1)NC(=O)CNC(=O)OCc1ccccc1. The molecule has 1 aliphatic heterocycles. The number of alkyl carbamates (subject to hydrolysis) is 1. The lowest BCUT2D eigenvalue weighted by Crippen LogP contribution is -2.46. The first-order valence-electron chi connectivity index (χ1n) is 10.0. The number of carbonyl (C=O) groups excluding carboxylic acids is 3. The van der Waals surface area contributed by atoms with Gasteiger partial charge < -0.3 is 24.8 Å². The predicted molar refractivity (Wildman–Crippen MR) is 112 cm³/mol. The predicted octanol–water partition coefficient (Wildman–Crippen LogP) is 1.97. The van der Waals surface area contributed by atoms with Crippen LogP contribution < -0.4 is 10.6 Å². The summed E-state index contributed by atoms with van der Waals surface area (Å²) in [4.78, 5) is 35.8. The van der Waals surface area contributed by atoms with Gasteiger partial charge in [0.25, 0.3) is 0 Å². The van der Waals surface area contributed by atoms with Crippen LogP contribution >= 0.6 is 0 Å². The smallest absolute Gasteiger partial charge is 0.407 e. The molecule has 0 aliphatic carbocycles. The van der Waals surface area contributed by atoms with Crippen LogP contribution in [0, 0.1) is 0 Å². The van der Waals surface area contributed by atoms with Crippen LogP contribution in [0.15, 0.2) is 60.7 Å².